The van der Waals surface area contributed by atoms with E-state index >= 15 is 0 Å². The third-order valence-electron chi connectivity index (χ3n) is 3.58. The number of hydrogen-bond acceptors (Lipinski definition) is 6. The maximum absolute atomic E-state index is 12.4. The van der Waals surface area contributed by atoms with Crippen molar-refractivity contribution in [3.63, 3.8) is 0 Å². The number of benzene rings is 2. The van der Waals surface area contributed by atoms with Crippen molar-refractivity contribution in [2.45, 2.75) is 0 Å². The molecule has 1 fully saturated rings. The summed E-state index contributed by atoms with van der Waals surface area (Å²) in [6, 6.07) is 10.1. The second-order valence-electron chi connectivity index (χ2n) is 5.44. The normalized spacial score (nSPS) is 14.9. The van der Waals surface area contributed by atoms with Crippen molar-refractivity contribution < 1.29 is 29.4 Å². The van der Waals surface area contributed by atoms with Crippen LogP contribution in [0, 0.1) is 0 Å². The van der Waals surface area contributed by atoms with Gasteiger partial charge in [-0.1, -0.05) is 18.2 Å². The van der Waals surface area contributed by atoms with Crippen LogP contribution in [0.3, 0.4) is 0 Å². The van der Waals surface area contributed by atoms with E-state index in [1.807, 2.05) is 0 Å². The Kier molecular flexibility index (Phi) is 4.95. The first-order valence-corrected chi connectivity index (χ1v) is 8.38. The van der Waals surface area contributed by atoms with Crippen LogP contribution in [0.2, 0.25) is 0 Å². The Morgan fingerprint density at radius 3 is 2.52 bits per heavy atom. The second-order valence-corrected chi connectivity index (χ2v) is 6.45. The maximum Gasteiger partial charge on any atom is 0.336 e. The van der Waals surface area contributed by atoms with Gasteiger partial charge in [0.2, 0.25) is 0 Å². The number of anilines is 1. The van der Waals surface area contributed by atoms with E-state index in [0.29, 0.717) is 11.3 Å². The Morgan fingerprint density at radius 1 is 1.11 bits per heavy atom. The fraction of sp³-hybridized carbons (Fsp3) is 0. The molecule has 136 valence electrons. The number of amides is 3. The molecule has 1 aliphatic heterocycles. The lowest BCUT2D eigenvalue weighted by Gasteiger charge is -2.10. The molecular weight excluding hydrogens is 372 g/mol. The standard InChI is InChI=1S/C18H12N2O6S/c21-12-6-2-5-11(17(24)25)14(12)16(23)19-10-4-1-3-9(7-10)8-13-15(22)20-18(26)27-13/h1-8,21H,(H,19,23)(H,24,25)(H,20,22,26). The van der Waals surface area contributed by atoms with E-state index in [4.69, 9.17) is 0 Å². The Bertz CT molecular complexity index is 1010. The minimum Gasteiger partial charge on any atom is -0.507 e. The molecule has 0 aliphatic carbocycles. The number of hydrogen-bond donors (Lipinski definition) is 4. The molecule has 2 aromatic rings. The van der Waals surface area contributed by atoms with Gasteiger partial charge >= 0.3 is 5.97 Å². The van der Waals surface area contributed by atoms with E-state index in [9.17, 15) is 29.4 Å². The van der Waals surface area contributed by atoms with Gasteiger partial charge in [0.15, 0.2) is 0 Å². The van der Waals surface area contributed by atoms with Gasteiger partial charge in [-0.2, -0.15) is 0 Å². The SMILES string of the molecule is O=C1NC(=O)C(=Cc2cccc(NC(=O)c3c(O)cccc3C(=O)O)c2)S1. The molecule has 0 radical (unpaired) electrons. The van der Waals surface area contributed by atoms with Crippen molar-refractivity contribution >= 4 is 46.5 Å². The first kappa shape index (κ1) is 18.2. The quantitative estimate of drug-likeness (QED) is 0.596. The molecule has 0 atom stereocenters. The van der Waals surface area contributed by atoms with Crippen LogP contribution < -0.4 is 10.6 Å². The van der Waals surface area contributed by atoms with Crippen molar-refractivity contribution in [3.8, 4) is 5.75 Å². The molecule has 3 amide bonds. The average molecular weight is 384 g/mol. The molecule has 0 spiro atoms. The van der Waals surface area contributed by atoms with E-state index in [-0.39, 0.29) is 16.0 Å². The summed E-state index contributed by atoms with van der Waals surface area (Å²) >= 11 is 0.768. The minimum atomic E-state index is -1.34. The minimum absolute atomic E-state index is 0.220. The number of aromatic hydroxyl groups is 1. The molecule has 1 saturated heterocycles. The Morgan fingerprint density at radius 2 is 1.85 bits per heavy atom. The predicted octanol–water partition coefficient (Wildman–Crippen LogP) is 2.67. The number of phenolic OH excluding ortho intramolecular Hbond substituents is 1. The highest BCUT2D eigenvalue weighted by molar-refractivity contribution is 8.18. The molecule has 0 saturated carbocycles. The van der Waals surface area contributed by atoms with Gasteiger partial charge in [0.05, 0.1) is 16.0 Å². The summed E-state index contributed by atoms with van der Waals surface area (Å²) < 4.78 is 0. The number of phenols is 1. The molecule has 0 bridgehead atoms. The van der Waals surface area contributed by atoms with Crippen LogP contribution >= 0.6 is 11.8 Å². The summed E-state index contributed by atoms with van der Waals surface area (Å²) in [5.74, 6) is -3.09. The highest BCUT2D eigenvalue weighted by atomic mass is 32.2. The molecule has 3 rings (SSSR count). The van der Waals surface area contributed by atoms with Crippen molar-refractivity contribution in [2.75, 3.05) is 5.32 Å². The second kappa shape index (κ2) is 7.34. The Balaban J connectivity index is 1.87. The zero-order valence-corrected chi connectivity index (χ0v) is 14.4. The van der Waals surface area contributed by atoms with Gasteiger partial charge in [-0.3, -0.25) is 19.7 Å². The summed E-state index contributed by atoms with van der Waals surface area (Å²) in [5, 5.41) is 23.3. The van der Waals surface area contributed by atoms with E-state index < -0.39 is 28.8 Å². The molecule has 1 heterocycles. The number of imide groups is 1. The van der Waals surface area contributed by atoms with Gasteiger partial charge in [-0.15, -0.1) is 0 Å². The number of carbonyl (C=O) groups excluding carboxylic acids is 3. The van der Waals surface area contributed by atoms with E-state index in [1.54, 1.807) is 24.3 Å². The molecule has 2 aromatic carbocycles. The zero-order chi connectivity index (χ0) is 19.6. The van der Waals surface area contributed by atoms with Crippen LogP contribution in [0.25, 0.3) is 6.08 Å². The van der Waals surface area contributed by atoms with Crippen LogP contribution in [0.5, 0.6) is 5.75 Å². The fourth-order valence-electron chi connectivity index (χ4n) is 2.43. The number of carboxylic acids is 1. The van der Waals surface area contributed by atoms with Crippen molar-refractivity contribution in [1.29, 1.82) is 0 Å². The van der Waals surface area contributed by atoms with Crippen LogP contribution in [-0.2, 0) is 4.79 Å². The monoisotopic (exact) mass is 384 g/mol. The molecule has 9 heteroatoms. The smallest absolute Gasteiger partial charge is 0.336 e. The summed E-state index contributed by atoms with van der Waals surface area (Å²) in [6.45, 7) is 0. The fourth-order valence-corrected chi connectivity index (χ4v) is 3.11. The summed E-state index contributed by atoms with van der Waals surface area (Å²) in [6.07, 6.45) is 1.49. The molecule has 4 N–H and O–H groups in total. The Labute approximate surface area is 156 Å². The summed E-state index contributed by atoms with van der Waals surface area (Å²) in [5.41, 5.74) is 0.188. The third kappa shape index (κ3) is 3.98. The number of nitrogens with one attached hydrogen (secondary N) is 2. The highest BCUT2D eigenvalue weighted by Crippen LogP contribution is 2.27. The molecule has 0 aromatic heterocycles. The summed E-state index contributed by atoms with van der Waals surface area (Å²) in [4.78, 5) is 46.7. The maximum atomic E-state index is 12.4. The van der Waals surface area contributed by atoms with Gasteiger partial charge in [0, 0.05) is 5.69 Å². The van der Waals surface area contributed by atoms with Crippen molar-refractivity contribution in [1.82, 2.24) is 5.32 Å². The molecule has 8 nitrogen and oxygen atoms in total. The van der Waals surface area contributed by atoms with Crippen molar-refractivity contribution in [2.24, 2.45) is 0 Å². The first-order chi connectivity index (χ1) is 12.8. The van der Waals surface area contributed by atoms with Crippen LogP contribution in [0.1, 0.15) is 26.3 Å². The average Bonchev–Trinajstić information content (AvgIpc) is 2.91. The summed E-state index contributed by atoms with van der Waals surface area (Å²) in [7, 11) is 0. The predicted molar refractivity (Wildman–Crippen MR) is 98.6 cm³/mol. The number of carbonyl (C=O) groups is 4. The van der Waals surface area contributed by atoms with Crippen LogP contribution in [-0.4, -0.2) is 33.2 Å². The third-order valence-corrected chi connectivity index (χ3v) is 4.39. The van der Waals surface area contributed by atoms with Gasteiger partial charge in [0.25, 0.3) is 17.1 Å². The lowest BCUT2D eigenvalue weighted by atomic mass is 10.1. The largest absolute Gasteiger partial charge is 0.507 e. The zero-order valence-electron chi connectivity index (χ0n) is 13.6. The molecular formula is C18H12N2O6S. The topological polar surface area (TPSA) is 133 Å². The molecule has 0 unspecified atom stereocenters. The van der Waals surface area contributed by atoms with Crippen LogP contribution in [0.4, 0.5) is 10.5 Å². The van der Waals surface area contributed by atoms with E-state index in [2.05, 4.69) is 10.6 Å². The lowest BCUT2D eigenvalue weighted by molar-refractivity contribution is -0.115. The lowest BCUT2D eigenvalue weighted by Crippen LogP contribution is -2.17. The van der Waals surface area contributed by atoms with Gasteiger partial charge in [-0.05, 0) is 47.7 Å². The van der Waals surface area contributed by atoms with Gasteiger partial charge in [-0.25, -0.2) is 4.79 Å². The van der Waals surface area contributed by atoms with Gasteiger partial charge < -0.3 is 15.5 Å². The van der Waals surface area contributed by atoms with Gasteiger partial charge in [0.1, 0.15) is 5.75 Å². The van der Waals surface area contributed by atoms with E-state index in [0.717, 1.165) is 11.8 Å². The number of rotatable bonds is 4. The van der Waals surface area contributed by atoms with E-state index in [1.165, 1.54) is 24.3 Å². The first-order valence-electron chi connectivity index (χ1n) is 7.56. The molecule has 27 heavy (non-hydrogen) atoms. The molecule has 1 aliphatic rings. The van der Waals surface area contributed by atoms with Crippen LogP contribution in [0.15, 0.2) is 47.4 Å². The highest BCUT2D eigenvalue weighted by Gasteiger charge is 2.25. The number of thioether (sulfide) groups is 1. The van der Waals surface area contributed by atoms with Crippen molar-refractivity contribution in [3.05, 3.63) is 64.1 Å². The number of aromatic carboxylic acids is 1. The number of carboxylic acid groups (broad SMARTS) is 1. The Hall–Kier alpha value is -3.59.